The van der Waals surface area contributed by atoms with Gasteiger partial charge in [0.05, 0.1) is 17.3 Å². The second kappa shape index (κ2) is 8.23. The molecular formula is C21H19N3O6S. The molecule has 0 saturated carbocycles. The van der Waals surface area contributed by atoms with Crippen LogP contribution in [0.1, 0.15) is 24.2 Å². The van der Waals surface area contributed by atoms with Gasteiger partial charge in [-0.2, -0.15) is 0 Å². The van der Waals surface area contributed by atoms with Crippen LogP contribution in [0.25, 0.3) is 22.6 Å². The summed E-state index contributed by atoms with van der Waals surface area (Å²) in [6, 6.07) is 12.8. The number of anilines is 1. The van der Waals surface area contributed by atoms with Crippen LogP contribution >= 0.6 is 0 Å². The van der Waals surface area contributed by atoms with E-state index < -0.39 is 15.7 Å². The first kappa shape index (κ1) is 20.6. The third-order valence-electron chi connectivity index (χ3n) is 4.52. The van der Waals surface area contributed by atoms with E-state index in [0.717, 1.165) is 5.39 Å². The summed E-state index contributed by atoms with van der Waals surface area (Å²) in [7, 11) is -3.34. The van der Waals surface area contributed by atoms with Gasteiger partial charge in [-0.25, -0.2) is 8.42 Å². The smallest absolute Gasteiger partial charge is 0.322 e. The van der Waals surface area contributed by atoms with Crippen molar-refractivity contribution in [3.05, 3.63) is 54.1 Å². The highest BCUT2D eigenvalue weighted by Crippen LogP contribution is 2.33. The van der Waals surface area contributed by atoms with Crippen LogP contribution in [0.5, 0.6) is 5.75 Å². The van der Waals surface area contributed by atoms with Crippen LogP contribution in [0, 0.1) is 0 Å². The zero-order chi connectivity index (χ0) is 22.0. The highest BCUT2D eigenvalue weighted by atomic mass is 32.2. The summed E-state index contributed by atoms with van der Waals surface area (Å²) in [5.74, 6) is 0.506. The Hall–Kier alpha value is -3.66. The monoisotopic (exact) mass is 441 g/mol. The van der Waals surface area contributed by atoms with E-state index in [9.17, 15) is 13.2 Å². The molecule has 2 heterocycles. The first-order chi connectivity index (χ1) is 14.9. The standard InChI is InChI=1S/C21H19N3O6S/c1-3-28-16-7-5-6-14-12-17(29-18(14)16)20-23-24-21(30-20)22-19(25)13-8-10-15(11-9-13)31(26,27)4-2/h5-12H,3-4H2,1-2H3,(H,22,24,25). The van der Waals surface area contributed by atoms with Crippen molar-refractivity contribution < 1.29 is 26.8 Å². The predicted octanol–water partition coefficient (Wildman–Crippen LogP) is 3.93. The normalized spacial score (nSPS) is 11.5. The van der Waals surface area contributed by atoms with Crippen molar-refractivity contribution in [1.82, 2.24) is 10.2 Å². The van der Waals surface area contributed by atoms with Crippen LogP contribution in [-0.4, -0.2) is 36.9 Å². The third kappa shape index (κ3) is 4.15. The van der Waals surface area contributed by atoms with E-state index in [1.165, 1.54) is 24.3 Å². The largest absolute Gasteiger partial charge is 0.490 e. The predicted molar refractivity (Wildman–Crippen MR) is 113 cm³/mol. The molecule has 0 atom stereocenters. The molecule has 0 fully saturated rings. The van der Waals surface area contributed by atoms with Crippen LogP contribution in [0.3, 0.4) is 0 Å². The summed E-state index contributed by atoms with van der Waals surface area (Å²) >= 11 is 0. The van der Waals surface area contributed by atoms with Gasteiger partial charge in [0.15, 0.2) is 26.9 Å². The van der Waals surface area contributed by atoms with E-state index in [1.54, 1.807) is 19.1 Å². The number of benzene rings is 2. The molecule has 0 saturated heterocycles. The molecule has 0 unspecified atom stereocenters. The minimum atomic E-state index is -3.34. The zero-order valence-electron chi connectivity index (χ0n) is 16.8. The van der Waals surface area contributed by atoms with Crippen molar-refractivity contribution in [3.63, 3.8) is 0 Å². The molecule has 31 heavy (non-hydrogen) atoms. The van der Waals surface area contributed by atoms with E-state index in [-0.39, 0.29) is 28.1 Å². The number of rotatable bonds is 7. The number of amides is 1. The molecular weight excluding hydrogens is 422 g/mol. The molecule has 0 aliphatic carbocycles. The van der Waals surface area contributed by atoms with E-state index in [1.807, 2.05) is 19.1 Å². The summed E-state index contributed by atoms with van der Waals surface area (Å²) in [4.78, 5) is 12.6. The van der Waals surface area contributed by atoms with Crippen molar-refractivity contribution in [2.45, 2.75) is 18.7 Å². The summed E-state index contributed by atoms with van der Waals surface area (Å²) < 4.78 is 40.6. The number of fused-ring (bicyclic) bond motifs is 1. The number of ether oxygens (including phenoxy) is 1. The molecule has 10 heteroatoms. The second-order valence-electron chi connectivity index (χ2n) is 6.51. The Morgan fingerprint density at radius 2 is 1.84 bits per heavy atom. The van der Waals surface area contributed by atoms with Gasteiger partial charge in [-0.1, -0.05) is 24.2 Å². The molecule has 4 aromatic rings. The highest BCUT2D eigenvalue weighted by molar-refractivity contribution is 7.91. The minimum Gasteiger partial charge on any atom is -0.490 e. The number of hydrogen-bond acceptors (Lipinski definition) is 8. The average Bonchev–Trinajstić information content (AvgIpc) is 3.41. The number of carbonyl (C=O) groups excluding carboxylic acids is 1. The Labute approximate surface area is 177 Å². The van der Waals surface area contributed by atoms with Crippen molar-refractivity contribution in [3.8, 4) is 17.4 Å². The lowest BCUT2D eigenvalue weighted by Gasteiger charge is -2.03. The first-order valence-corrected chi connectivity index (χ1v) is 11.2. The van der Waals surface area contributed by atoms with Gasteiger partial charge in [0.2, 0.25) is 0 Å². The van der Waals surface area contributed by atoms with Gasteiger partial charge in [0, 0.05) is 10.9 Å². The molecule has 0 radical (unpaired) electrons. The zero-order valence-corrected chi connectivity index (χ0v) is 17.6. The number of nitrogens with one attached hydrogen (secondary N) is 1. The number of nitrogens with zero attached hydrogens (tertiary/aromatic N) is 2. The molecule has 2 aromatic carbocycles. The molecule has 0 aliphatic heterocycles. The molecule has 0 bridgehead atoms. The summed E-state index contributed by atoms with van der Waals surface area (Å²) in [6.07, 6.45) is 0. The van der Waals surface area contributed by atoms with Gasteiger partial charge >= 0.3 is 6.01 Å². The Kier molecular flexibility index (Phi) is 5.47. The second-order valence-corrected chi connectivity index (χ2v) is 8.79. The van der Waals surface area contributed by atoms with Crippen molar-refractivity contribution in [1.29, 1.82) is 0 Å². The number of para-hydroxylation sites is 1. The minimum absolute atomic E-state index is 0.0167. The van der Waals surface area contributed by atoms with Gasteiger partial charge in [-0.15, -0.1) is 5.10 Å². The molecule has 1 amide bonds. The SMILES string of the molecule is CCOc1cccc2cc(-c3nnc(NC(=O)c4ccc(S(=O)(=O)CC)cc4)o3)oc12. The number of hydrogen-bond donors (Lipinski definition) is 1. The Bertz CT molecular complexity index is 1340. The Balaban J connectivity index is 1.52. The molecule has 160 valence electrons. The van der Waals surface area contributed by atoms with Crippen LogP contribution in [0.4, 0.5) is 6.01 Å². The fraction of sp³-hybridized carbons (Fsp3) is 0.190. The van der Waals surface area contributed by atoms with E-state index in [2.05, 4.69) is 15.5 Å². The fourth-order valence-corrected chi connectivity index (χ4v) is 3.82. The number of sulfone groups is 1. The molecule has 2 aromatic heterocycles. The van der Waals surface area contributed by atoms with E-state index >= 15 is 0 Å². The van der Waals surface area contributed by atoms with E-state index in [0.29, 0.717) is 23.7 Å². The Morgan fingerprint density at radius 1 is 1.06 bits per heavy atom. The fourth-order valence-electron chi connectivity index (χ4n) is 2.93. The average molecular weight is 441 g/mol. The van der Waals surface area contributed by atoms with Crippen molar-refractivity contribution >= 4 is 32.7 Å². The summed E-state index contributed by atoms with van der Waals surface area (Å²) in [6.45, 7) is 3.94. The molecule has 0 aliphatic rings. The maximum Gasteiger partial charge on any atom is 0.322 e. The van der Waals surface area contributed by atoms with Gasteiger partial charge in [-0.3, -0.25) is 10.1 Å². The lowest BCUT2D eigenvalue weighted by atomic mass is 10.2. The molecule has 4 rings (SSSR count). The van der Waals surface area contributed by atoms with Crippen molar-refractivity contribution in [2.75, 3.05) is 17.7 Å². The quantitative estimate of drug-likeness (QED) is 0.457. The van der Waals surface area contributed by atoms with Gasteiger partial charge < -0.3 is 13.6 Å². The van der Waals surface area contributed by atoms with Crippen molar-refractivity contribution in [2.24, 2.45) is 0 Å². The molecule has 1 N–H and O–H groups in total. The van der Waals surface area contributed by atoms with Gasteiger partial charge in [0.25, 0.3) is 11.8 Å². The van der Waals surface area contributed by atoms with Crippen LogP contribution in [0.15, 0.2) is 62.3 Å². The molecule has 9 nitrogen and oxygen atoms in total. The molecule has 0 spiro atoms. The van der Waals surface area contributed by atoms with Crippen LogP contribution in [-0.2, 0) is 9.84 Å². The maximum absolute atomic E-state index is 12.4. The van der Waals surface area contributed by atoms with Crippen LogP contribution < -0.4 is 10.1 Å². The topological polar surface area (TPSA) is 125 Å². The Morgan fingerprint density at radius 3 is 2.55 bits per heavy atom. The third-order valence-corrected chi connectivity index (χ3v) is 6.27. The number of aromatic nitrogens is 2. The number of furan rings is 1. The lowest BCUT2D eigenvalue weighted by molar-refractivity contribution is 0.102. The highest BCUT2D eigenvalue weighted by Gasteiger charge is 2.18. The van der Waals surface area contributed by atoms with Gasteiger partial charge in [0.1, 0.15) is 0 Å². The van der Waals surface area contributed by atoms with Crippen LogP contribution in [0.2, 0.25) is 0 Å². The maximum atomic E-state index is 12.4. The van der Waals surface area contributed by atoms with Gasteiger partial charge in [-0.05, 0) is 43.3 Å². The summed E-state index contributed by atoms with van der Waals surface area (Å²) in [5, 5.41) is 11.0. The number of carbonyl (C=O) groups is 1. The first-order valence-electron chi connectivity index (χ1n) is 9.54. The summed E-state index contributed by atoms with van der Waals surface area (Å²) in [5.41, 5.74) is 0.810. The van der Waals surface area contributed by atoms with E-state index in [4.69, 9.17) is 13.6 Å². The lowest BCUT2D eigenvalue weighted by Crippen LogP contribution is -2.12.